The van der Waals surface area contributed by atoms with E-state index in [0.717, 1.165) is 18.2 Å². The van der Waals surface area contributed by atoms with Crippen LogP contribution in [0, 0.1) is 0 Å². The van der Waals surface area contributed by atoms with Crippen LogP contribution in [0.4, 0.5) is 4.79 Å². The maximum Gasteiger partial charge on any atom is 0.421 e. The van der Waals surface area contributed by atoms with E-state index in [-0.39, 0.29) is 0 Å². The lowest BCUT2D eigenvalue weighted by atomic mass is 10.00. The van der Waals surface area contributed by atoms with Gasteiger partial charge < -0.3 is 4.74 Å². The molecule has 2 N–H and O–H groups in total. The average molecular weight is 320 g/mol. The summed E-state index contributed by atoms with van der Waals surface area (Å²) in [6.45, 7) is 0. The van der Waals surface area contributed by atoms with Gasteiger partial charge >= 0.3 is 16.3 Å². The number of carbonyl (C=O) groups is 1. The number of ether oxygens (including phenoxy) is 1. The fourth-order valence-corrected chi connectivity index (χ4v) is 2.90. The van der Waals surface area contributed by atoms with Crippen molar-refractivity contribution in [2.45, 2.75) is 6.04 Å². The smallest absolute Gasteiger partial charge is 0.421 e. The Labute approximate surface area is 129 Å². The van der Waals surface area contributed by atoms with Crippen molar-refractivity contribution in [3.8, 4) is 0 Å². The van der Waals surface area contributed by atoms with Crippen LogP contribution in [0.2, 0.25) is 0 Å². The van der Waals surface area contributed by atoms with Crippen LogP contribution in [0.5, 0.6) is 0 Å². The minimum atomic E-state index is -4.06. The van der Waals surface area contributed by atoms with Crippen LogP contribution < -0.4 is 9.44 Å². The number of hydrogen-bond acceptors (Lipinski definition) is 4. The highest BCUT2D eigenvalue weighted by atomic mass is 32.2. The lowest BCUT2D eigenvalue weighted by Gasteiger charge is -2.19. The number of hydrogen-bond donors (Lipinski definition) is 2. The van der Waals surface area contributed by atoms with Gasteiger partial charge in [-0.2, -0.15) is 13.1 Å². The summed E-state index contributed by atoms with van der Waals surface area (Å²) >= 11 is 0. The van der Waals surface area contributed by atoms with E-state index in [2.05, 4.69) is 9.46 Å². The molecule has 0 spiro atoms. The minimum absolute atomic E-state index is 0.621. The van der Waals surface area contributed by atoms with E-state index in [1.807, 2.05) is 36.4 Å². The van der Waals surface area contributed by atoms with E-state index in [4.69, 9.17) is 0 Å². The van der Waals surface area contributed by atoms with E-state index in [1.54, 1.807) is 29.0 Å². The monoisotopic (exact) mass is 320 g/mol. The highest BCUT2D eigenvalue weighted by Crippen LogP contribution is 2.22. The Hall–Kier alpha value is -2.38. The second-order valence-corrected chi connectivity index (χ2v) is 5.92. The van der Waals surface area contributed by atoms with Crippen LogP contribution in [-0.2, 0) is 14.9 Å². The van der Waals surface area contributed by atoms with Gasteiger partial charge in [0.2, 0.25) is 0 Å². The van der Waals surface area contributed by atoms with Gasteiger partial charge in [-0.1, -0.05) is 60.7 Å². The summed E-state index contributed by atoms with van der Waals surface area (Å²) in [4.78, 5) is 11.1. The van der Waals surface area contributed by atoms with Crippen LogP contribution in [0.1, 0.15) is 17.2 Å². The van der Waals surface area contributed by atoms with E-state index < -0.39 is 22.3 Å². The third-order valence-corrected chi connectivity index (χ3v) is 3.92. The second kappa shape index (κ2) is 7.06. The summed E-state index contributed by atoms with van der Waals surface area (Å²) in [5, 5.41) is 0. The molecule has 0 bridgehead atoms. The highest BCUT2D eigenvalue weighted by molar-refractivity contribution is 7.88. The van der Waals surface area contributed by atoms with Crippen LogP contribution in [-0.4, -0.2) is 21.6 Å². The third-order valence-electron chi connectivity index (χ3n) is 2.94. The molecule has 0 fully saturated rings. The summed E-state index contributed by atoms with van der Waals surface area (Å²) in [7, 11) is -2.97. The molecule has 6 nitrogen and oxygen atoms in total. The van der Waals surface area contributed by atoms with Gasteiger partial charge in [-0.15, -0.1) is 0 Å². The molecule has 116 valence electrons. The predicted octanol–water partition coefficient (Wildman–Crippen LogP) is 1.97. The predicted molar refractivity (Wildman–Crippen MR) is 82.3 cm³/mol. The molecule has 22 heavy (non-hydrogen) atoms. The van der Waals surface area contributed by atoms with E-state index in [9.17, 15) is 13.2 Å². The molecule has 2 aromatic carbocycles. The van der Waals surface area contributed by atoms with E-state index in [0.29, 0.717) is 0 Å². The second-order valence-electron chi connectivity index (χ2n) is 4.47. The standard InChI is InChI=1S/C15H16N2O4S/c1-21-15(18)17-22(19,20)16-14(12-8-4-2-5-9-12)13-10-6-3-7-11-13/h2-11,14,16H,1H3,(H,17,18). The van der Waals surface area contributed by atoms with Crippen molar-refractivity contribution < 1.29 is 17.9 Å². The van der Waals surface area contributed by atoms with Crippen molar-refractivity contribution in [1.29, 1.82) is 0 Å². The third kappa shape index (κ3) is 4.31. The maximum absolute atomic E-state index is 12.0. The zero-order valence-electron chi connectivity index (χ0n) is 11.9. The van der Waals surface area contributed by atoms with Crippen LogP contribution in [0.25, 0.3) is 0 Å². The molecule has 2 aromatic rings. The Morgan fingerprint density at radius 2 is 1.41 bits per heavy atom. The van der Waals surface area contributed by atoms with Crippen molar-refractivity contribution in [1.82, 2.24) is 9.44 Å². The molecular weight excluding hydrogens is 304 g/mol. The molecule has 0 unspecified atom stereocenters. The first-order valence-electron chi connectivity index (χ1n) is 6.50. The molecule has 0 aromatic heterocycles. The van der Waals surface area contributed by atoms with Gasteiger partial charge in [0.25, 0.3) is 0 Å². The summed E-state index contributed by atoms with van der Waals surface area (Å²) < 4.78 is 32.6. The quantitative estimate of drug-likeness (QED) is 0.882. The van der Waals surface area contributed by atoms with Crippen molar-refractivity contribution >= 4 is 16.3 Å². The molecule has 7 heteroatoms. The van der Waals surface area contributed by atoms with Gasteiger partial charge in [-0.05, 0) is 11.1 Å². The Balaban J connectivity index is 2.32. The first-order chi connectivity index (χ1) is 10.5. The zero-order chi connectivity index (χ0) is 16.0. The molecule has 1 amide bonds. The molecule has 0 saturated heterocycles. The Kier molecular flexibility index (Phi) is 5.13. The zero-order valence-corrected chi connectivity index (χ0v) is 12.7. The Morgan fingerprint density at radius 3 is 1.82 bits per heavy atom. The molecule has 0 aliphatic heterocycles. The summed E-state index contributed by atoms with van der Waals surface area (Å²) in [5.41, 5.74) is 1.51. The maximum atomic E-state index is 12.0. The van der Waals surface area contributed by atoms with Crippen molar-refractivity contribution in [3.63, 3.8) is 0 Å². The molecular formula is C15H16N2O4S. The number of amides is 1. The number of rotatable bonds is 5. The van der Waals surface area contributed by atoms with Gasteiger partial charge in [0.05, 0.1) is 13.2 Å². The van der Waals surface area contributed by atoms with Gasteiger partial charge in [0, 0.05) is 0 Å². The number of nitrogens with one attached hydrogen (secondary N) is 2. The largest absolute Gasteiger partial charge is 0.452 e. The van der Waals surface area contributed by atoms with Gasteiger partial charge in [-0.3, -0.25) is 0 Å². The molecule has 0 aliphatic carbocycles. The SMILES string of the molecule is COC(=O)NS(=O)(=O)NC(c1ccccc1)c1ccccc1. The van der Waals surface area contributed by atoms with Crippen molar-refractivity contribution in [2.24, 2.45) is 0 Å². The number of methoxy groups -OCH3 is 1. The van der Waals surface area contributed by atoms with Gasteiger partial charge in [-0.25, -0.2) is 9.52 Å². The van der Waals surface area contributed by atoms with E-state index >= 15 is 0 Å². The van der Waals surface area contributed by atoms with Gasteiger partial charge in [0.1, 0.15) is 0 Å². The average Bonchev–Trinajstić information content (AvgIpc) is 2.54. The molecule has 0 radical (unpaired) electrons. The topological polar surface area (TPSA) is 84.5 Å². The molecule has 0 aliphatic rings. The summed E-state index contributed by atoms with van der Waals surface area (Å²) in [6.07, 6.45) is -1.05. The summed E-state index contributed by atoms with van der Waals surface area (Å²) in [5.74, 6) is 0. The molecule has 0 heterocycles. The van der Waals surface area contributed by atoms with Crippen LogP contribution in [0.3, 0.4) is 0 Å². The van der Waals surface area contributed by atoms with Crippen molar-refractivity contribution in [3.05, 3.63) is 71.8 Å². The first kappa shape index (κ1) is 16.0. The molecule has 2 rings (SSSR count). The summed E-state index contributed by atoms with van der Waals surface area (Å²) in [6, 6.07) is 17.5. The molecule has 0 saturated carbocycles. The number of carbonyl (C=O) groups excluding carboxylic acids is 1. The highest BCUT2D eigenvalue weighted by Gasteiger charge is 2.22. The number of benzene rings is 2. The van der Waals surface area contributed by atoms with Crippen LogP contribution in [0.15, 0.2) is 60.7 Å². The van der Waals surface area contributed by atoms with Gasteiger partial charge in [0.15, 0.2) is 0 Å². The normalized spacial score (nSPS) is 11.2. The fraction of sp³-hybridized carbons (Fsp3) is 0.133. The lowest BCUT2D eigenvalue weighted by molar-refractivity contribution is 0.177. The first-order valence-corrected chi connectivity index (χ1v) is 7.98. The fourth-order valence-electron chi connectivity index (χ4n) is 1.96. The van der Waals surface area contributed by atoms with Crippen LogP contribution >= 0.6 is 0 Å². The van der Waals surface area contributed by atoms with Crippen molar-refractivity contribution in [2.75, 3.05) is 7.11 Å². The minimum Gasteiger partial charge on any atom is -0.452 e. The Bertz CT molecular complexity index is 678. The van der Waals surface area contributed by atoms with E-state index in [1.165, 1.54) is 0 Å². The Morgan fingerprint density at radius 1 is 0.955 bits per heavy atom. The molecule has 0 atom stereocenters. The lowest BCUT2D eigenvalue weighted by Crippen LogP contribution is -2.42.